The van der Waals surface area contributed by atoms with Crippen molar-refractivity contribution in [1.82, 2.24) is 14.5 Å². The molecule has 2 heterocycles. The summed E-state index contributed by atoms with van der Waals surface area (Å²) in [7, 11) is 1.84. The molecule has 0 amide bonds. The zero-order valence-electron chi connectivity index (χ0n) is 19.7. The van der Waals surface area contributed by atoms with Crippen LogP contribution in [0.5, 0.6) is 0 Å². The van der Waals surface area contributed by atoms with E-state index >= 15 is 0 Å². The lowest BCUT2D eigenvalue weighted by Crippen LogP contribution is -2.31. The van der Waals surface area contributed by atoms with Crippen LogP contribution in [0, 0.1) is 0 Å². The number of hydrogen-bond acceptors (Lipinski definition) is 4. The van der Waals surface area contributed by atoms with Gasteiger partial charge in [0, 0.05) is 29.7 Å². The summed E-state index contributed by atoms with van der Waals surface area (Å²) in [6.07, 6.45) is 3.31. The molecule has 1 N–H and O–H groups in total. The van der Waals surface area contributed by atoms with Crippen LogP contribution in [0.2, 0.25) is 15.2 Å². The van der Waals surface area contributed by atoms with Crippen molar-refractivity contribution in [2.45, 2.75) is 12.5 Å². The maximum atomic E-state index is 12.3. The van der Waals surface area contributed by atoms with Crippen molar-refractivity contribution in [1.29, 1.82) is 0 Å². The third kappa shape index (κ3) is 4.12. The second-order valence-electron chi connectivity index (χ2n) is 8.48. The molecule has 1 atom stereocenters. The average Bonchev–Trinajstić information content (AvgIpc) is 3.33. The molecule has 3 aromatic carbocycles. The Kier molecular flexibility index (Phi) is 6.66. The minimum absolute atomic E-state index is 0.311. The fourth-order valence-corrected chi connectivity index (χ4v) is 5.38. The first-order chi connectivity index (χ1) is 17.3. The fraction of sp³-hybridized carbons (Fsp3) is 0.143. The smallest absolute Gasteiger partial charge is 0.156 e. The van der Waals surface area contributed by atoms with Crippen LogP contribution in [-0.4, -0.2) is 26.2 Å². The van der Waals surface area contributed by atoms with Gasteiger partial charge in [-0.3, -0.25) is 0 Å². The first-order valence-corrected chi connectivity index (χ1v) is 12.5. The largest absolute Gasteiger partial charge is 0.374 e. The van der Waals surface area contributed by atoms with E-state index in [9.17, 15) is 5.11 Å². The molecule has 0 aliphatic heterocycles. The number of rotatable bonds is 6. The molecule has 2 aromatic heterocycles. The molecule has 0 bridgehead atoms. The molecule has 5 nitrogen and oxygen atoms in total. The van der Waals surface area contributed by atoms with Crippen molar-refractivity contribution >= 4 is 57.1 Å². The van der Waals surface area contributed by atoms with Crippen molar-refractivity contribution in [3.05, 3.63) is 117 Å². The molecule has 8 heteroatoms. The first kappa shape index (κ1) is 24.6. The van der Waals surface area contributed by atoms with E-state index in [4.69, 9.17) is 34.8 Å². The van der Waals surface area contributed by atoms with Gasteiger partial charge in [0.2, 0.25) is 0 Å². The second-order valence-corrected chi connectivity index (χ2v) is 9.66. The summed E-state index contributed by atoms with van der Waals surface area (Å²) in [6.45, 7) is 2.67. The highest BCUT2D eigenvalue weighted by atomic mass is 35.5. The lowest BCUT2D eigenvalue weighted by molar-refractivity contribution is 0.117. The predicted molar refractivity (Wildman–Crippen MR) is 148 cm³/mol. The van der Waals surface area contributed by atoms with Gasteiger partial charge in [-0.25, -0.2) is 9.97 Å². The van der Waals surface area contributed by atoms with Crippen LogP contribution in [-0.2, 0) is 12.6 Å². The number of pyridine rings is 1. The van der Waals surface area contributed by atoms with Gasteiger partial charge in [-0.2, -0.15) is 0 Å². The Labute approximate surface area is 224 Å². The van der Waals surface area contributed by atoms with Crippen LogP contribution in [0.25, 0.3) is 10.9 Å². The van der Waals surface area contributed by atoms with Crippen LogP contribution in [0.4, 0.5) is 11.4 Å². The van der Waals surface area contributed by atoms with E-state index in [0.717, 1.165) is 5.69 Å². The number of benzene rings is 3. The van der Waals surface area contributed by atoms with Crippen LogP contribution in [0.3, 0.4) is 0 Å². The SMILES string of the molecule is CCN(c1ccccc1)c1c(Cl)nc2ccc(C(O)(c3ccc(Cl)cc3)c3cncn3C)cc2c1Cl. The molecule has 0 fully saturated rings. The molecule has 0 saturated heterocycles. The molecule has 0 aliphatic rings. The summed E-state index contributed by atoms with van der Waals surface area (Å²) >= 11 is 19.8. The number of aliphatic hydroxyl groups is 1. The minimum Gasteiger partial charge on any atom is -0.374 e. The summed E-state index contributed by atoms with van der Waals surface area (Å²) in [4.78, 5) is 10.9. The van der Waals surface area contributed by atoms with E-state index in [-0.39, 0.29) is 0 Å². The Morgan fingerprint density at radius 2 is 1.64 bits per heavy atom. The Hall–Kier alpha value is -3.09. The number of aromatic nitrogens is 3. The lowest BCUT2D eigenvalue weighted by atomic mass is 9.83. The van der Waals surface area contributed by atoms with Crippen molar-refractivity contribution in [3.8, 4) is 0 Å². The fourth-order valence-electron chi connectivity index (χ4n) is 4.58. The highest BCUT2D eigenvalue weighted by molar-refractivity contribution is 6.42. The van der Waals surface area contributed by atoms with E-state index in [2.05, 4.69) is 9.97 Å². The Bertz CT molecular complexity index is 1540. The zero-order chi connectivity index (χ0) is 25.4. The van der Waals surface area contributed by atoms with Gasteiger partial charge in [0.1, 0.15) is 0 Å². The number of halogens is 3. The molecule has 0 saturated carbocycles. The topological polar surface area (TPSA) is 54.2 Å². The maximum absolute atomic E-state index is 12.3. The van der Waals surface area contributed by atoms with Crippen molar-refractivity contribution < 1.29 is 5.11 Å². The summed E-state index contributed by atoms with van der Waals surface area (Å²) in [5.74, 6) is 0. The van der Waals surface area contributed by atoms with Gasteiger partial charge in [-0.05, 0) is 54.4 Å². The van der Waals surface area contributed by atoms with Gasteiger partial charge in [0.05, 0.1) is 34.4 Å². The molecule has 0 spiro atoms. The molecular weight excluding hydrogens is 515 g/mol. The molecule has 0 radical (unpaired) electrons. The van der Waals surface area contributed by atoms with Crippen LogP contribution in [0.1, 0.15) is 23.7 Å². The summed E-state index contributed by atoms with van der Waals surface area (Å²) in [6, 6.07) is 22.5. The minimum atomic E-state index is -1.52. The van der Waals surface area contributed by atoms with E-state index in [0.29, 0.717) is 55.2 Å². The number of hydrogen-bond donors (Lipinski definition) is 1. The molecule has 1 unspecified atom stereocenters. The van der Waals surface area contributed by atoms with Crippen LogP contribution >= 0.6 is 34.8 Å². The number of aryl methyl sites for hydroxylation is 1. The Morgan fingerprint density at radius 3 is 2.28 bits per heavy atom. The molecule has 5 aromatic rings. The van der Waals surface area contributed by atoms with Gasteiger partial charge in [-0.15, -0.1) is 0 Å². The van der Waals surface area contributed by atoms with Crippen molar-refractivity contribution in [2.24, 2.45) is 7.05 Å². The maximum Gasteiger partial charge on any atom is 0.156 e. The summed E-state index contributed by atoms with van der Waals surface area (Å²) < 4.78 is 1.79. The number of nitrogens with zero attached hydrogens (tertiary/aromatic N) is 4. The van der Waals surface area contributed by atoms with Crippen molar-refractivity contribution in [3.63, 3.8) is 0 Å². The molecule has 0 aliphatic carbocycles. The monoisotopic (exact) mass is 536 g/mol. The number of fused-ring (bicyclic) bond motifs is 1. The van der Waals surface area contributed by atoms with E-state index < -0.39 is 5.60 Å². The van der Waals surface area contributed by atoms with Gasteiger partial charge < -0.3 is 14.6 Å². The van der Waals surface area contributed by atoms with Gasteiger partial charge >= 0.3 is 0 Å². The van der Waals surface area contributed by atoms with Crippen LogP contribution in [0.15, 0.2) is 85.3 Å². The predicted octanol–water partition coefficient (Wildman–Crippen LogP) is 7.37. The van der Waals surface area contributed by atoms with Crippen LogP contribution < -0.4 is 4.90 Å². The third-order valence-corrected chi connectivity index (χ3v) is 7.27. The number of anilines is 2. The molecule has 36 heavy (non-hydrogen) atoms. The second kappa shape index (κ2) is 9.75. The van der Waals surface area contributed by atoms with E-state index in [1.807, 2.05) is 67.4 Å². The molecule has 5 rings (SSSR count). The van der Waals surface area contributed by atoms with Gasteiger partial charge in [-0.1, -0.05) is 71.2 Å². The standard InChI is InChI=1S/C28H23Cl3N4O/c1-3-35(21-7-5-4-6-8-21)26-25(30)22-15-19(11-14-23(22)33-27(26)31)28(36,24-16-32-17-34(24)2)18-9-12-20(29)13-10-18/h4-17,36H,3H2,1-2H3. The highest BCUT2D eigenvalue weighted by Crippen LogP contribution is 2.43. The number of para-hydroxylation sites is 1. The van der Waals surface area contributed by atoms with Gasteiger partial charge in [0.25, 0.3) is 0 Å². The Balaban J connectivity index is 1.75. The zero-order valence-corrected chi connectivity index (χ0v) is 21.9. The lowest BCUT2D eigenvalue weighted by Gasteiger charge is -2.30. The van der Waals surface area contributed by atoms with E-state index in [1.165, 1.54) is 0 Å². The van der Waals surface area contributed by atoms with E-state index in [1.54, 1.807) is 41.4 Å². The molecule has 182 valence electrons. The summed E-state index contributed by atoms with van der Waals surface area (Å²) in [5, 5.41) is 14.3. The molecular formula is C28H23Cl3N4O. The first-order valence-electron chi connectivity index (χ1n) is 11.4. The number of imidazole rings is 1. The summed E-state index contributed by atoms with van der Waals surface area (Å²) in [5.41, 5.74) is 2.54. The van der Waals surface area contributed by atoms with Crippen molar-refractivity contribution in [2.75, 3.05) is 11.4 Å². The third-order valence-electron chi connectivity index (χ3n) is 6.38. The normalized spacial score (nSPS) is 13.1. The highest BCUT2D eigenvalue weighted by Gasteiger charge is 2.37. The Morgan fingerprint density at radius 1 is 0.944 bits per heavy atom. The average molecular weight is 538 g/mol. The quantitative estimate of drug-likeness (QED) is 0.230. The van der Waals surface area contributed by atoms with Gasteiger partial charge in [0.15, 0.2) is 10.8 Å².